The number of nitrogen functional groups attached to an aromatic ring is 1. The number of rotatable bonds is 1. The van der Waals surface area contributed by atoms with E-state index >= 15 is 0 Å². The quantitative estimate of drug-likeness (QED) is 0.548. The van der Waals surface area contributed by atoms with Crippen molar-refractivity contribution in [2.45, 2.75) is 6.04 Å². The van der Waals surface area contributed by atoms with Gasteiger partial charge in [-0.15, -0.1) is 0 Å². The zero-order valence-corrected chi connectivity index (χ0v) is 7.16. The van der Waals surface area contributed by atoms with Gasteiger partial charge in [-0.25, -0.2) is 0 Å². The van der Waals surface area contributed by atoms with Crippen molar-refractivity contribution in [3.63, 3.8) is 0 Å². The Kier molecular flexibility index (Phi) is 1.98. The van der Waals surface area contributed by atoms with Gasteiger partial charge in [0.05, 0.1) is 18.3 Å². The molecule has 2 rings (SSSR count). The molecule has 0 bridgehead atoms. The average molecular weight is 180 g/mol. The number of benzene rings is 1. The molecule has 1 atom stereocenters. The van der Waals surface area contributed by atoms with E-state index in [2.05, 4.69) is 5.32 Å². The van der Waals surface area contributed by atoms with Crippen molar-refractivity contribution in [3.8, 4) is 5.75 Å². The van der Waals surface area contributed by atoms with Gasteiger partial charge in [-0.05, 0) is 12.1 Å². The van der Waals surface area contributed by atoms with Gasteiger partial charge in [-0.2, -0.15) is 0 Å². The molecule has 4 nitrogen and oxygen atoms in total. The Hall–Kier alpha value is -1.42. The standard InChI is InChI=1S/C9H12N2O2/c10-6-1-2-8-9(3-6)13-5-7(4-12)11-8/h1-3,7,11-12H,4-5,10H2/t7-/m1/s1. The number of hydrogen-bond donors (Lipinski definition) is 3. The van der Waals surface area contributed by atoms with E-state index in [0.29, 0.717) is 12.3 Å². The van der Waals surface area contributed by atoms with Crippen LogP contribution in [0.15, 0.2) is 18.2 Å². The van der Waals surface area contributed by atoms with Gasteiger partial charge in [0.25, 0.3) is 0 Å². The number of anilines is 2. The fraction of sp³-hybridized carbons (Fsp3) is 0.333. The maximum atomic E-state index is 8.90. The molecule has 4 heteroatoms. The summed E-state index contributed by atoms with van der Waals surface area (Å²) in [6.45, 7) is 0.552. The van der Waals surface area contributed by atoms with Gasteiger partial charge < -0.3 is 20.9 Å². The molecule has 0 saturated heterocycles. The normalized spacial score (nSPS) is 19.9. The predicted octanol–water partition coefficient (Wildman–Crippen LogP) is 0.434. The van der Waals surface area contributed by atoms with E-state index in [1.54, 1.807) is 12.1 Å². The van der Waals surface area contributed by atoms with Crippen LogP contribution >= 0.6 is 0 Å². The molecule has 0 unspecified atom stereocenters. The van der Waals surface area contributed by atoms with Gasteiger partial charge in [-0.1, -0.05) is 0 Å². The molecule has 1 aliphatic heterocycles. The topological polar surface area (TPSA) is 67.5 Å². The summed E-state index contributed by atoms with van der Waals surface area (Å²) < 4.78 is 5.41. The number of fused-ring (bicyclic) bond motifs is 1. The number of aliphatic hydroxyl groups excluding tert-OH is 1. The van der Waals surface area contributed by atoms with Crippen molar-refractivity contribution < 1.29 is 9.84 Å². The van der Waals surface area contributed by atoms with Crippen molar-refractivity contribution in [2.24, 2.45) is 0 Å². The molecule has 0 spiro atoms. The second kappa shape index (κ2) is 3.14. The van der Waals surface area contributed by atoms with Crippen molar-refractivity contribution >= 4 is 11.4 Å². The molecule has 1 aromatic carbocycles. The van der Waals surface area contributed by atoms with Gasteiger partial charge in [0.15, 0.2) is 0 Å². The number of nitrogens with two attached hydrogens (primary N) is 1. The Morgan fingerprint density at radius 1 is 1.62 bits per heavy atom. The van der Waals surface area contributed by atoms with E-state index < -0.39 is 0 Å². The summed E-state index contributed by atoms with van der Waals surface area (Å²) in [6.07, 6.45) is 0. The highest BCUT2D eigenvalue weighted by molar-refractivity contribution is 5.63. The average Bonchev–Trinajstić information content (AvgIpc) is 2.17. The lowest BCUT2D eigenvalue weighted by Crippen LogP contribution is -2.34. The number of nitrogens with one attached hydrogen (secondary N) is 1. The predicted molar refractivity (Wildman–Crippen MR) is 50.8 cm³/mol. The SMILES string of the molecule is Nc1ccc2c(c1)OC[C@@H](CO)N2. The first kappa shape index (κ1) is 8.19. The molecule has 0 aliphatic carbocycles. The molecule has 4 N–H and O–H groups in total. The lowest BCUT2D eigenvalue weighted by molar-refractivity contribution is 0.207. The third-order valence-corrected chi connectivity index (χ3v) is 2.03. The Morgan fingerprint density at radius 2 is 2.46 bits per heavy atom. The smallest absolute Gasteiger partial charge is 0.144 e. The molecule has 1 aliphatic rings. The summed E-state index contributed by atoms with van der Waals surface area (Å²) in [5.41, 5.74) is 7.16. The summed E-state index contributed by atoms with van der Waals surface area (Å²) in [4.78, 5) is 0. The highest BCUT2D eigenvalue weighted by Crippen LogP contribution is 2.30. The Labute approximate surface area is 76.3 Å². The van der Waals surface area contributed by atoms with Crippen LogP contribution in [0.3, 0.4) is 0 Å². The highest BCUT2D eigenvalue weighted by atomic mass is 16.5. The zero-order valence-electron chi connectivity index (χ0n) is 7.16. The molecular formula is C9H12N2O2. The number of ether oxygens (including phenoxy) is 1. The Balaban J connectivity index is 2.26. The largest absolute Gasteiger partial charge is 0.489 e. The summed E-state index contributed by atoms with van der Waals surface area (Å²) >= 11 is 0. The van der Waals surface area contributed by atoms with Crippen LogP contribution in [-0.2, 0) is 0 Å². The van der Waals surface area contributed by atoms with Crippen LogP contribution < -0.4 is 15.8 Å². The lowest BCUT2D eigenvalue weighted by atomic mass is 10.2. The molecular weight excluding hydrogens is 168 g/mol. The van der Waals surface area contributed by atoms with E-state index in [1.807, 2.05) is 6.07 Å². The second-order valence-corrected chi connectivity index (χ2v) is 3.09. The van der Waals surface area contributed by atoms with Gasteiger partial charge in [0.2, 0.25) is 0 Å². The fourth-order valence-corrected chi connectivity index (χ4v) is 1.33. The Bertz CT molecular complexity index is 314. The van der Waals surface area contributed by atoms with Gasteiger partial charge in [0.1, 0.15) is 12.4 Å². The van der Waals surface area contributed by atoms with Crippen LogP contribution in [0.2, 0.25) is 0 Å². The van der Waals surface area contributed by atoms with Crippen molar-refractivity contribution in [2.75, 3.05) is 24.3 Å². The van der Waals surface area contributed by atoms with E-state index in [-0.39, 0.29) is 12.6 Å². The maximum Gasteiger partial charge on any atom is 0.144 e. The minimum absolute atomic E-state index is 0.0175. The molecule has 13 heavy (non-hydrogen) atoms. The monoisotopic (exact) mass is 180 g/mol. The van der Waals surface area contributed by atoms with Gasteiger partial charge in [0, 0.05) is 11.8 Å². The summed E-state index contributed by atoms with van der Waals surface area (Å²) in [6, 6.07) is 5.41. The minimum Gasteiger partial charge on any atom is -0.489 e. The van der Waals surface area contributed by atoms with E-state index in [9.17, 15) is 0 Å². The number of aliphatic hydroxyl groups is 1. The zero-order chi connectivity index (χ0) is 9.26. The molecule has 0 radical (unpaired) electrons. The fourth-order valence-electron chi connectivity index (χ4n) is 1.33. The highest BCUT2D eigenvalue weighted by Gasteiger charge is 2.17. The first-order valence-corrected chi connectivity index (χ1v) is 4.19. The lowest BCUT2D eigenvalue weighted by Gasteiger charge is -2.26. The molecule has 1 heterocycles. The molecule has 0 amide bonds. The molecule has 1 aromatic rings. The summed E-state index contributed by atoms with van der Waals surface area (Å²) in [7, 11) is 0. The van der Waals surface area contributed by atoms with Crippen LogP contribution in [-0.4, -0.2) is 24.4 Å². The first-order chi connectivity index (χ1) is 6.29. The Morgan fingerprint density at radius 3 is 3.23 bits per heavy atom. The second-order valence-electron chi connectivity index (χ2n) is 3.09. The molecule has 70 valence electrons. The van der Waals surface area contributed by atoms with Crippen LogP contribution in [0, 0.1) is 0 Å². The third kappa shape index (κ3) is 1.53. The summed E-state index contributed by atoms with van der Waals surface area (Å²) in [5.74, 6) is 0.754. The van der Waals surface area contributed by atoms with E-state index in [1.165, 1.54) is 0 Å². The summed E-state index contributed by atoms with van der Waals surface area (Å²) in [5, 5.41) is 12.0. The van der Waals surface area contributed by atoms with Crippen LogP contribution in [0.25, 0.3) is 0 Å². The van der Waals surface area contributed by atoms with Crippen LogP contribution in [0.1, 0.15) is 0 Å². The third-order valence-electron chi connectivity index (χ3n) is 2.03. The van der Waals surface area contributed by atoms with Crippen molar-refractivity contribution in [1.82, 2.24) is 0 Å². The van der Waals surface area contributed by atoms with E-state index in [4.69, 9.17) is 15.6 Å². The first-order valence-electron chi connectivity index (χ1n) is 4.19. The molecule has 0 aromatic heterocycles. The molecule has 0 saturated carbocycles. The minimum atomic E-state index is -0.0175. The van der Waals surface area contributed by atoms with E-state index in [0.717, 1.165) is 11.4 Å². The maximum absolute atomic E-state index is 8.90. The van der Waals surface area contributed by atoms with Gasteiger partial charge in [-0.3, -0.25) is 0 Å². The van der Waals surface area contributed by atoms with Crippen molar-refractivity contribution in [1.29, 1.82) is 0 Å². The van der Waals surface area contributed by atoms with Crippen LogP contribution in [0.4, 0.5) is 11.4 Å². The van der Waals surface area contributed by atoms with Crippen molar-refractivity contribution in [3.05, 3.63) is 18.2 Å². The molecule has 0 fully saturated rings. The number of hydrogen-bond acceptors (Lipinski definition) is 4. The van der Waals surface area contributed by atoms with Gasteiger partial charge >= 0.3 is 0 Å². The van der Waals surface area contributed by atoms with Crippen LogP contribution in [0.5, 0.6) is 5.75 Å².